The van der Waals surface area contributed by atoms with Crippen molar-refractivity contribution < 1.29 is 23.8 Å². The Bertz CT molecular complexity index is 625. The highest BCUT2D eigenvalue weighted by atomic mass is 16.6. The molecule has 3 rings (SSSR count). The van der Waals surface area contributed by atoms with Crippen molar-refractivity contribution in [1.29, 1.82) is 0 Å². The van der Waals surface area contributed by atoms with E-state index in [9.17, 15) is 9.59 Å². The number of carbonyl (C=O) groups is 2. The molecule has 0 aromatic heterocycles. The summed E-state index contributed by atoms with van der Waals surface area (Å²) in [6, 6.07) is 5.16. The van der Waals surface area contributed by atoms with Crippen molar-refractivity contribution in [3.05, 3.63) is 30.4 Å². The number of hydrogen-bond donors (Lipinski definition) is 1. The summed E-state index contributed by atoms with van der Waals surface area (Å²) in [5.41, 5.74) is 0.580. The number of esters is 1. The molecule has 1 N–H and O–H groups in total. The number of anilines is 1. The van der Waals surface area contributed by atoms with Crippen LogP contribution in [0.5, 0.6) is 11.5 Å². The normalized spacial score (nSPS) is 19.0. The van der Waals surface area contributed by atoms with Gasteiger partial charge in [0.1, 0.15) is 13.2 Å². The van der Waals surface area contributed by atoms with Crippen LogP contribution in [0, 0.1) is 5.92 Å². The molecule has 23 heavy (non-hydrogen) atoms. The number of hydrogen-bond acceptors (Lipinski definition) is 5. The average Bonchev–Trinajstić information content (AvgIpc) is 2.60. The number of amides is 1. The molecular formula is C17H19NO5. The molecule has 1 heterocycles. The number of benzene rings is 1. The summed E-state index contributed by atoms with van der Waals surface area (Å²) >= 11 is 0. The predicted octanol–water partition coefficient (Wildman–Crippen LogP) is 2.30. The molecular weight excluding hydrogens is 298 g/mol. The fraction of sp³-hybridized carbons (Fsp3) is 0.412. The van der Waals surface area contributed by atoms with Crippen molar-refractivity contribution >= 4 is 17.6 Å². The van der Waals surface area contributed by atoms with Gasteiger partial charge in [0.05, 0.1) is 5.92 Å². The zero-order chi connectivity index (χ0) is 16.1. The first-order valence-corrected chi connectivity index (χ1v) is 7.73. The number of ether oxygens (including phenoxy) is 3. The fourth-order valence-corrected chi connectivity index (χ4v) is 2.58. The van der Waals surface area contributed by atoms with Crippen LogP contribution in [0.3, 0.4) is 0 Å². The molecule has 1 aromatic carbocycles. The SMILES string of the molecule is O=C(COC(=O)[C@@H]1CC=CCC1)Nc1ccc2c(c1)OCCO2. The van der Waals surface area contributed by atoms with E-state index in [0.717, 1.165) is 12.8 Å². The van der Waals surface area contributed by atoms with Crippen LogP contribution in [-0.2, 0) is 14.3 Å². The van der Waals surface area contributed by atoms with Crippen LogP contribution in [0.1, 0.15) is 19.3 Å². The monoisotopic (exact) mass is 317 g/mol. The molecule has 0 bridgehead atoms. The number of fused-ring (bicyclic) bond motifs is 1. The Morgan fingerprint density at radius 1 is 1.17 bits per heavy atom. The summed E-state index contributed by atoms with van der Waals surface area (Å²) in [5.74, 6) is 0.432. The van der Waals surface area contributed by atoms with Crippen molar-refractivity contribution in [2.24, 2.45) is 5.92 Å². The molecule has 1 aliphatic carbocycles. The maximum absolute atomic E-state index is 11.9. The smallest absolute Gasteiger partial charge is 0.309 e. The third kappa shape index (κ3) is 4.03. The van der Waals surface area contributed by atoms with Gasteiger partial charge >= 0.3 is 5.97 Å². The molecule has 6 nitrogen and oxygen atoms in total. The van der Waals surface area contributed by atoms with Gasteiger partial charge in [-0.2, -0.15) is 0 Å². The topological polar surface area (TPSA) is 73.9 Å². The molecule has 0 fully saturated rings. The first kappa shape index (κ1) is 15.4. The molecule has 1 atom stereocenters. The van der Waals surface area contributed by atoms with Gasteiger partial charge in [0.2, 0.25) is 0 Å². The minimum absolute atomic E-state index is 0.137. The second-order valence-corrected chi connectivity index (χ2v) is 5.50. The third-order valence-electron chi connectivity index (χ3n) is 3.77. The molecule has 0 unspecified atom stereocenters. The zero-order valence-corrected chi connectivity index (χ0v) is 12.7. The fourth-order valence-electron chi connectivity index (χ4n) is 2.58. The Morgan fingerprint density at radius 3 is 2.78 bits per heavy atom. The van der Waals surface area contributed by atoms with Crippen LogP contribution < -0.4 is 14.8 Å². The Morgan fingerprint density at radius 2 is 2.00 bits per heavy atom. The summed E-state index contributed by atoms with van der Waals surface area (Å²) < 4.78 is 16.0. The molecule has 1 amide bonds. The molecule has 1 aromatic rings. The highest BCUT2D eigenvalue weighted by molar-refractivity contribution is 5.93. The van der Waals surface area contributed by atoms with Crippen molar-refractivity contribution in [3.8, 4) is 11.5 Å². The minimum atomic E-state index is -0.374. The first-order chi connectivity index (χ1) is 11.2. The van der Waals surface area contributed by atoms with E-state index in [0.29, 0.717) is 36.8 Å². The van der Waals surface area contributed by atoms with Gasteiger partial charge in [0.25, 0.3) is 5.91 Å². The highest BCUT2D eigenvalue weighted by Crippen LogP contribution is 2.32. The van der Waals surface area contributed by atoms with E-state index >= 15 is 0 Å². The van der Waals surface area contributed by atoms with Crippen LogP contribution in [-0.4, -0.2) is 31.7 Å². The standard InChI is InChI=1S/C17H19NO5/c19-16(11-23-17(20)12-4-2-1-3-5-12)18-13-6-7-14-15(10-13)22-9-8-21-14/h1-2,6-7,10,12H,3-5,8-9,11H2,(H,18,19)/t12-/m1/s1. The van der Waals surface area contributed by atoms with Gasteiger partial charge < -0.3 is 19.5 Å². The lowest BCUT2D eigenvalue weighted by atomic mass is 9.95. The molecule has 122 valence electrons. The van der Waals surface area contributed by atoms with Gasteiger partial charge in [-0.25, -0.2) is 0 Å². The van der Waals surface area contributed by atoms with E-state index in [2.05, 4.69) is 11.4 Å². The Hall–Kier alpha value is -2.50. The zero-order valence-electron chi connectivity index (χ0n) is 12.7. The van der Waals surface area contributed by atoms with E-state index in [1.54, 1.807) is 18.2 Å². The summed E-state index contributed by atoms with van der Waals surface area (Å²) in [4.78, 5) is 23.8. The molecule has 0 saturated carbocycles. The molecule has 2 aliphatic rings. The van der Waals surface area contributed by atoms with Crippen LogP contribution in [0.15, 0.2) is 30.4 Å². The quantitative estimate of drug-likeness (QED) is 0.681. The summed E-state index contributed by atoms with van der Waals surface area (Å²) in [7, 11) is 0. The van der Waals surface area contributed by atoms with Crippen LogP contribution >= 0.6 is 0 Å². The number of nitrogens with one attached hydrogen (secondary N) is 1. The summed E-state index contributed by atoms with van der Waals surface area (Å²) in [5, 5.41) is 2.68. The van der Waals surface area contributed by atoms with Crippen LogP contribution in [0.25, 0.3) is 0 Å². The van der Waals surface area contributed by atoms with E-state index in [1.807, 2.05) is 6.08 Å². The van der Waals surface area contributed by atoms with E-state index < -0.39 is 0 Å². The predicted molar refractivity (Wildman–Crippen MR) is 83.5 cm³/mol. The number of allylic oxidation sites excluding steroid dienone is 2. The largest absolute Gasteiger partial charge is 0.486 e. The van der Waals surface area contributed by atoms with Crippen molar-refractivity contribution in [3.63, 3.8) is 0 Å². The third-order valence-corrected chi connectivity index (χ3v) is 3.77. The molecule has 0 radical (unpaired) electrons. The highest BCUT2D eigenvalue weighted by Gasteiger charge is 2.21. The summed E-state index contributed by atoms with van der Waals surface area (Å²) in [6.45, 7) is 0.719. The molecule has 0 spiro atoms. The van der Waals surface area contributed by atoms with E-state index in [4.69, 9.17) is 14.2 Å². The maximum atomic E-state index is 11.9. The van der Waals surface area contributed by atoms with Crippen molar-refractivity contribution in [1.82, 2.24) is 0 Å². The van der Waals surface area contributed by atoms with Crippen LogP contribution in [0.4, 0.5) is 5.69 Å². The average molecular weight is 317 g/mol. The van der Waals surface area contributed by atoms with Gasteiger partial charge in [-0.05, 0) is 31.4 Å². The molecule has 1 aliphatic heterocycles. The Kier molecular flexibility index (Phi) is 4.80. The second kappa shape index (κ2) is 7.17. The number of rotatable bonds is 4. The Balaban J connectivity index is 1.49. The van der Waals surface area contributed by atoms with E-state index in [1.165, 1.54) is 0 Å². The minimum Gasteiger partial charge on any atom is -0.486 e. The van der Waals surface area contributed by atoms with Gasteiger partial charge in [-0.15, -0.1) is 0 Å². The number of carbonyl (C=O) groups excluding carboxylic acids is 2. The Labute approximate surface area is 134 Å². The summed E-state index contributed by atoms with van der Waals surface area (Å²) in [6.07, 6.45) is 6.37. The van der Waals surface area contributed by atoms with Gasteiger partial charge in [-0.3, -0.25) is 9.59 Å². The van der Waals surface area contributed by atoms with Crippen LogP contribution in [0.2, 0.25) is 0 Å². The lowest BCUT2D eigenvalue weighted by Crippen LogP contribution is -2.25. The maximum Gasteiger partial charge on any atom is 0.309 e. The lowest BCUT2D eigenvalue weighted by molar-refractivity contribution is -0.151. The van der Waals surface area contributed by atoms with E-state index in [-0.39, 0.29) is 24.4 Å². The van der Waals surface area contributed by atoms with Crippen molar-refractivity contribution in [2.75, 3.05) is 25.1 Å². The molecule has 6 heteroatoms. The molecule has 0 saturated heterocycles. The van der Waals surface area contributed by atoms with Gasteiger partial charge in [0, 0.05) is 11.8 Å². The van der Waals surface area contributed by atoms with Gasteiger partial charge in [0.15, 0.2) is 18.1 Å². The first-order valence-electron chi connectivity index (χ1n) is 7.73. The lowest BCUT2D eigenvalue weighted by Gasteiger charge is -2.19. The second-order valence-electron chi connectivity index (χ2n) is 5.50. The van der Waals surface area contributed by atoms with Crippen molar-refractivity contribution in [2.45, 2.75) is 19.3 Å². The van der Waals surface area contributed by atoms with Gasteiger partial charge in [-0.1, -0.05) is 12.2 Å².